The zero-order valence-electron chi connectivity index (χ0n) is 12.0. The molecule has 4 heteroatoms. The number of rotatable bonds is 12. The minimum absolute atomic E-state index is 0.431. The van der Waals surface area contributed by atoms with Crippen molar-refractivity contribution in [2.75, 3.05) is 13.2 Å². The number of carbonyl (C=O) groups excluding carboxylic acids is 1. The van der Waals surface area contributed by atoms with Crippen molar-refractivity contribution in [2.24, 2.45) is 11.5 Å². The highest BCUT2D eigenvalue weighted by Gasteiger charge is 2.24. The third-order valence-electron chi connectivity index (χ3n) is 3.19. The Kier molecular flexibility index (Phi) is 9.98. The fourth-order valence-corrected chi connectivity index (χ4v) is 1.73. The Labute approximate surface area is 111 Å². The molecule has 108 valence electrons. The summed E-state index contributed by atoms with van der Waals surface area (Å²) in [5.41, 5.74) is 10.1. The predicted octanol–water partition coefficient (Wildman–Crippen LogP) is 2.35. The van der Waals surface area contributed by atoms with Gasteiger partial charge in [-0.3, -0.25) is 4.79 Å². The second-order valence-corrected chi connectivity index (χ2v) is 5.27. The van der Waals surface area contributed by atoms with Crippen molar-refractivity contribution < 1.29 is 9.53 Å². The third kappa shape index (κ3) is 9.42. The van der Waals surface area contributed by atoms with Gasteiger partial charge in [-0.15, -0.1) is 0 Å². The largest absolute Gasteiger partial charge is 0.381 e. The highest BCUT2D eigenvalue weighted by Crippen LogP contribution is 2.10. The molecule has 0 radical (unpaired) electrons. The van der Waals surface area contributed by atoms with Crippen molar-refractivity contribution in [3.63, 3.8) is 0 Å². The Bertz CT molecular complexity index is 218. The first-order valence-corrected chi connectivity index (χ1v) is 7.17. The van der Waals surface area contributed by atoms with E-state index in [-0.39, 0.29) is 0 Å². The van der Waals surface area contributed by atoms with Gasteiger partial charge in [-0.2, -0.15) is 0 Å². The lowest BCUT2D eigenvalue weighted by molar-refractivity contribution is -0.122. The molecule has 0 aliphatic carbocycles. The van der Waals surface area contributed by atoms with Crippen LogP contribution in [0.3, 0.4) is 0 Å². The highest BCUT2D eigenvalue weighted by molar-refractivity contribution is 5.83. The van der Waals surface area contributed by atoms with E-state index in [1.807, 2.05) is 0 Å². The van der Waals surface area contributed by atoms with E-state index in [0.717, 1.165) is 32.5 Å². The average molecular weight is 258 g/mol. The summed E-state index contributed by atoms with van der Waals surface area (Å²) in [5, 5.41) is 0. The molecule has 0 spiro atoms. The van der Waals surface area contributed by atoms with Gasteiger partial charge in [0.25, 0.3) is 0 Å². The number of unbranched alkanes of at least 4 members (excludes halogenated alkanes) is 5. The van der Waals surface area contributed by atoms with Crippen molar-refractivity contribution in [2.45, 2.75) is 70.8 Å². The van der Waals surface area contributed by atoms with Crippen LogP contribution in [0.4, 0.5) is 0 Å². The lowest BCUT2D eigenvalue weighted by atomic mass is 9.96. The SMILES string of the molecule is CCCCCCCOCCCCC(C)(N)C(N)=O. The average Bonchev–Trinajstić information content (AvgIpc) is 2.31. The summed E-state index contributed by atoms with van der Waals surface area (Å²) < 4.78 is 5.53. The van der Waals surface area contributed by atoms with Gasteiger partial charge in [-0.05, 0) is 32.6 Å². The quantitative estimate of drug-likeness (QED) is 0.527. The number of hydrogen-bond donors (Lipinski definition) is 2. The number of hydrogen-bond acceptors (Lipinski definition) is 3. The summed E-state index contributed by atoms with van der Waals surface area (Å²) in [6, 6.07) is 0. The Hall–Kier alpha value is -0.610. The fourth-order valence-electron chi connectivity index (χ4n) is 1.73. The molecular formula is C14H30N2O2. The summed E-state index contributed by atoms with van der Waals surface area (Å²) in [7, 11) is 0. The Morgan fingerprint density at radius 2 is 1.61 bits per heavy atom. The van der Waals surface area contributed by atoms with Crippen molar-refractivity contribution in [1.82, 2.24) is 0 Å². The summed E-state index contributed by atoms with van der Waals surface area (Å²) in [6.45, 7) is 5.50. The second kappa shape index (κ2) is 10.3. The van der Waals surface area contributed by atoms with Gasteiger partial charge in [0, 0.05) is 13.2 Å². The van der Waals surface area contributed by atoms with Crippen molar-refractivity contribution >= 4 is 5.91 Å². The van der Waals surface area contributed by atoms with Gasteiger partial charge >= 0.3 is 0 Å². The molecule has 0 aromatic rings. The normalized spacial score (nSPS) is 14.4. The zero-order valence-corrected chi connectivity index (χ0v) is 12.0. The van der Waals surface area contributed by atoms with Gasteiger partial charge in [0.15, 0.2) is 0 Å². The molecule has 0 bridgehead atoms. The number of ether oxygens (including phenoxy) is 1. The van der Waals surface area contributed by atoms with Crippen LogP contribution in [0.2, 0.25) is 0 Å². The molecule has 4 N–H and O–H groups in total. The first-order valence-electron chi connectivity index (χ1n) is 7.17. The van der Waals surface area contributed by atoms with Gasteiger partial charge < -0.3 is 16.2 Å². The Balaban J connectivity index is 3.24. The fraction of sp³-hybridized carbons (Fsp3) is 0.929. The predicted molar refractivity (Wildman–Crippen MR) is 75.2 cm³/mol. The molecule has 0 aromatic carbocycles. The molecule has 0 aliphatic rings. The van der Waals surface area contributed by atoms with E-state index >= 15 is 0 Å². The van der Waals surface area contributed by atoms with E-state index in [0.29, 0.717) is 6.42 Å². The molecule has 0 aromatic heterocycles. The molecule has 0 heterocycles. The van der Waals surface area contributed by atoms with Crippen LogP contribution < -0.4 is 11.5 Å². The van der Waals surface area contributed by atoms with Crippen LogP contribution in [0, 0.1) is 0 Å². The van der Waals surface area contributed by atoms with E-state index in [2.05, 4.69) is 6.92 Å². The van der Waals surface area contributed by atoms with Gasteiger partial charge in [0.05, 0.1) is 5.54 Å². The highest BCUT2D eigenvalue weighted by atomic mass is 16.5. The van der Waals surface area contributed by atoms with E-state index in [1.54, 1.807) is 6.92 Å². The van der Waals surface area contributed by atoms with Gasteiger partial charge in [0.1, 0.15) is 0 Å². The van der Waals surface area contributed by atoms with Crippen LogP contribution in [0.15, 0.2) is 0 Å². The number of nitrogens with two attached hydrogens (primary N) is 2. The molecule has 1 amide bonds. The van der Waals surface area contributed by atoms with E-state index in [9.17, 15) is 4.79 Å². The van der Waals surface area contributed by atoms with Crippen LogP contribution in [0.25, 0.3) is 0 Å². The molecule has 1 unspecified atom stereocenters. The van der Waals surface area contributed by atoms with Crippen LogP contribution in [-0.2, 0) is 9.53 Å². The van der Waals surface area contributed by atoms with Crippen molar-refractivity contribution in [3.05, 3.63) is 0 Å². The topological polar surface area (TPSA) is 78.3 Å². The summed E-state index contributed by atoms with van der Waals surface area (Å²) in [5.74, 6) is -0.431. The summed E-state index contributed by atoms with van der Waals surface area (Å²) >= 11 is 0. The van der Waals surface area contributed by atoms with Gasteiger partial charge in [-0.25, -0.2) is 0 Å². The molecule has 0 saturated heterocycles. The molecule has 0 saturated carbocycles. The minimum atomic E-state index is -0.875. The first-order chi connectivity index (χ1) is 8.50. The molecule has 0 aliphatic heterocycles. The van der Waals surface area contributed by atoms with Crippen LogP contribution in [-0.4, -0.2) is 24.7 Å². The molecule has 1 atom stereocenters. The molecule has 4 nitrogen and oxygen atoms in total. The molecular weight excluding hydrogens is 228 g/mol. The zero-order chi connectivity index (χ0) is 13.9. The lowest BCUT2D eigenvalue weighted by Crippen LogP contribution is -2.49. The summed E-state index contributed by atoms with van der Waals surface area (Å²) in [4.78, 5) is 11.0. The van der Waals surface area contributed by atoms with E-state index in [4.69, 9.17) is 16.2 Å². The maximum Gasteiger partial charge on any atom is 0.237 e. The Morgan fingerprint density at radius 1 is 1.06 bits per heavy atom. The van der Waals surface area contributed by atoms with Crippen LogP contribution in [0.5, 0.6) is 0 Å². The van der Waals surface area contributed by atoms with Crippen LogP contribution in [0.1, 0.15) is 65.2 Å². The van der Waals surface area contributed by atoms with Crippen molar-refractivity contribution in [3.8, 4) is 0 Å². The van der Waals surface area contributed by atoms with E-state index < -0.39 is 11.4 Å². The number of carbonyl (C=O) groups is 1. The third-order valence-corrected chi connectivity index (χ3v) is 3.19. The minimum Gasteiger partial charge on any atom is -0.381 e. The molecule has 0 fully saturated rings. The first kappa shape index (κ1) is 17.4. The lowest BCUT2D eigenvalue weighted by Gasteiger charge is -2.19. The number of amides is 1. The van der Waals surface area contributed by atoms with Crippen molar-refractivity contribution in [1.29, 1.82) is 0 Å². The Morgan fingerprint density at radius 3 is 2.17 bits per heavy atom. The van der Waals surface area contributed by atoms with Gasteiger partial charge in [-0.1, -0.05) is 32.6 Å². The summed E-state index contributed by atoms with van der Waals surface area (Å²) in [6.07, 6.45) is 8.76. The number of primary amides is 1. The van der Waals surface area contributed by atoms with E-state index in [1.165, 1.54) is 25.7 Å². The second-order valence-electron chi connectivity index (χ2n) is 5.27. The maximum atomic E-state index is 11.0. The monoisotopic (exact) mass is 258 g/mol. The van der Waals surface area contributed by atoms with Gasteiger partial charge in [0.2, 0.25) is 5.91 Å². The molecule has 0 rings (SSSR count). The smallest absolute Gasteiger partial charge is 0.237 e. The van der Waals surface area contributed by atoms with Crippen LogP contribution >= 0.6 is 0 Å². The maximum absolute atomic E-state index is 11.0. The molecule has 18 heavy (non-hydrogen) atoms. The standard InChI is InChI=1S/C14H30N2O2/c1-3-4-5-6-8-11-18-12-9-7-10-14(2,16)13(15)17/h3-12,16H2,1-2H3,(H2,15,17).